The largest absolute Gasteiger partial charge is 0.463 e. The molecule has 0 aliphatic heterocycles. The van der Waals surface area contributed by atoms with Crippen LogP contribution in [0, 0.1) is 13.8 Å². The van der Waals surface area contributed by atoms with Crippen molar-refractivity contribution in [3.8, 4) is 11.5 Å². The minimum Gasteiger partial charge on any atom is -0.463 e. The Kier molecular flexibility index (Phi) is 6.18. The Morgan fingerprint density at radius 3 is 2.62 bits per heavy atom. The molecule has 0 aliphatic rings. The number of carbonyl (C=O) groups excluding carboxylic acids is 2. The smallest absolute Gasteiger partial charge is 0.339 e. The van der Waals surface area contributed by atoms with Gasteiger partial charge in [-0.3, -0.25) is 4.79 Å². The van der Waals surface area contributed by atoms with Crippen LogP contribution in [-0.2, 0) is 16.0 Å². The van der Waals surface area contributed by atoms with Gasteiger partial charge in [0, 0.05) is 36.0 Å². The van der Waals surface area contributed by atoms with Gasteiger partial charge >= 0.3 is 5.97 Å². The number of benzene rings is 1. The SMILES string of the molecule is COCCn1c(C)cc(C(=O)COC(=O)c2cc(-c3ccco3)nc3ccccc23)c1C. The van der Waals surface area contributed by atoms with Crippen LogP contribution in [0.5, 0.6) is 0 Å². The van der Waals surface area contributed by atoms with Crippen molar-refractivity contribution in [3.63, 3.8) is 0 Å². The molecule has 3 aromatic heterocycles. The number of ketones is 1. The highest BCUT2D eigenvalue weighted by molar-refractivity contribution is 6.06. The fourth-order valence-electron chi connectivity index (χ4n) is 3.79. The summed E-state index contributed by atoms with van der Waals surface area (Å²) in [6.07, 6.45) is 1.55. The van der Waals surface area contributed by atoms with E-state index in [-0.39, 0.29) is 12.4 Å². The van der Waals surface area contributed by atoms with Crippen LogP contribution in [0.3, 0.4) is 0 Å². The lowest BCUT2D eigenvalue weighted by atomic mass is 10.1. The van der Waals surface area contributed by atoms with Crippen LogP contribution in [0.4, 0.5) is 0 Å². The van der Waals surface area contributed by atoms with Gasteiger partial charge in [0.05, 0.1) is 24.0 Å². The van der Waals surface area contributed by atoms with E-state index in [0.717, 1.165) is 11.4 Å². The normalized spacial score (nSPS) is 11.1. The Labute approximate surface area is 185 Å². The van der Waals surface area contributed by atoms with Gasteiger partial charge in [0.25, 0.3) is 0 Å². The molecule has 0 N–H and O–H groups in total. The fraction of sp³-hybridized carbons (Fsp3) is 0.240. The first-order valence-corrected chi connectivity index (χ1v) is 10.3. The number of nitrogens with zero attached hydrogens (tertiary/aromatic N) is 2. The number of carbonyl (C=O) groups is 2. The molecule has 4 aromatic rings. The number of aromatic nitrogens is 2. The number of methoxy groups -OCH3 is 1. The second-order valence-electron chi connectivity index (χ2n) is 7.48. The molecule has 32 heavy (non-hydrogen) atoms. The van der Waals surface area contributed by atoms with Crippen LogP contribution < -0.4 is 0 Å². The monoisotopic (exact) mass is 432 g/mol. The van der Waals surface area contributed by atoms with Gasteiger partial charge in [-0.25, -0.2) is 9.78 Å². The van der Waals surface area contributed by atoms with Crippen LogP contribution >= 0.6 is 0 Å². The first kappa shape index (κ1) is 21.5. The van der Waals surface area contributed by atoms with Gasteiger partial charge in [-0.1, -0.05) is 18.2 Å². The first-order chi connectivity index (χ1) is 15.5. The molecule has 0 amide bonds. The second-order valence-corrected chi connectivity index (χ2v) is 7.48. The summed E-state index contributed by atoms with van der Waals surface area (Å²) >= 11 is 0. The lowest BCUT2D eigenvalue weighted by molar-refractivity contribution is 0.0476. The standard InChI is InChI=1S/C25H24N2O5/c1-16-13-19(17(2)27(16)10-12-30-3)23(28)15-32-25(29)20-14-22(24-9-6-11-31-24)26-21-8-5-4-7-18(20)21/h4-9,11,13-14H,10,12,15H2,1-3H3. The molecule has 4 rings (SSSR count). The molecule has 0 saturated carbocycles. The molecule has 0 spiro atoms. The Morgan fingerprint density at radius 1 is 1.06 bits per heavy atom. The van der Waals surface area contributed by atoms with E-state index >= 15 is 0 Å². The van der Waals surface area contributed by atoms with Gasteiger partial charge in [0.15, 0.2) is 12.4 Å². The highest BCUT2D eigenvalue weighted by atomic mass is 16.5. The number of furan rings is 1. The van der Waals surface area contributed by atoms with E-state index in [1.807, 2.05) is 42.7 Å². The second kappa shape index (κ2) is 9.20. The molecule has 0 bridgehead atoms. The molecule has 7 heteroatoms. The molecule has 164 valence electrons. The zero-order valence-electron chi connectivity index (χ0n) is 18.3. The van der Waals surface area contributed by atoms with E-state index in [4.69, 9.17) is 13.9 Å². The van der Waals surface area contributed by atoms with E-state index in [1.165, 1.54) is 0 Å². The number of fused-ring (bicyclic) bond motifs is 1. The minimum atomic E-state index is -0.585. The predicted octanol–water partition coefficient (Wildman–Crippen LogP) is 4.60. The van der Waals surface area contributed by atoms with Crippen molar-refractivity contribution in [3.05, 3.63) is 77.3 Å². The van der Waals surface area contributed by atoms with Crippen molar-refractivity contribution in [2.24, 2.45) is 0 Å². The predicted molar refractivity (Wildman–Crippen MR) is 120 cm³/mol. The van der Waals surface area contributed by atoms with Crippen molar-refractivity contribution in [2.45, 2.75) is 20.4 Å². The van der Waals surface area contributed by atoms with Gasteiger partial charge in [0.1, 0.15) is 5.69 Å². The Bertz CT molecular complexity index is 1270. The van der Waals surface area contributed by atoms with Gasteiger partial charge in [-0.2, -0.15) is 0 Å². The highest BCUT2D eigenvalue weighted by Gasteiger charge is 2.20. The van der Waals surface area contributed by atoms with Gasteiger partial charge in [-0.05, 0) is 44.2 Å². The number of ether oxygens (including phenoxy) is 2. The molecular formula is C25H24N2O5. The number of hydrogen-bond acceptors (Lipinski definition) is 6. The maximum Gasteiger partial charge on any atom is 0.339 e. The van der Waals surface area contributed by atoms with Gasteiger partial charge < -0.3 is 18.5 Å². The molecule has 0 radical (unpaired) electrons. The Balaban J connectivity index is 1.57. The maximum atomic E-state index is 13.0. The third kappa shape index (κ3) is 4.20. The topological polar surface area (TPSA) is 83.6 Å². The van der Waals surface area contributed by atoms with E-state index in [1.54, 1.807) is 37.6 Å². The molecule has 7 nitrogen and oxygen atoms in total. The van der Waals surface area contributed by atoms with Crippen LogP contribution in [0.1, 0.15) is 32.1 Å². The van der Waals surface area contributed by atoms with Crippen LogP contribution in [-0.4, -0.2) is 41.6 Å². The zero-order chi connectivity index (χ0) is 22.7. The number of rotatable bonds is 8. The van der Waals surface area contributed by atoms with Crippen LogP contribution in [0.2, 0.25) is 0 Å². The number of esters is 1. The van der Waals surface area contributed by atoms with E-state index in [9.17, 15) is 9.59 Å². The molecule has 0 atom stereocenters. The molecule has 1 aromatic carbocycles. The minimum absolute atomic E-state index is 0.250. The molecule has 0 unspecified atom stereocenters. The summed E-state index contributed by atoms with van der Waals surface area (Å²) < 4.78 is 18.0. The van der Waals surface area contributed by atoms with Gasteiger partial charge in [0.2, 0.25) is 5.78 Å². The van der Waals surface area contributed by atoms with Crippen molar-refractivity contribution in [1.82, 2.24) is 9.55 Å². The summed E-state index contributed by atoms with van der Waals surface area (Å²) in [6.45, 7) is 4.67. The summed E-state index contributed by atoms with van der Waals surface area (Å²) in [6, 6.07) is 14.3. The summed E-state index contributed by atoms with van der Waals surface area (Å²) in [5, 5.41) is 0.651. The lowest BCUT2D eigenvalue weighted by Gasteiger charge is -2.10. The number of pyridine rings is 1. The fourth-order valence-corrected chi connectivity index (χ4v) is 3.79. The summed E-state index contributed by atoms with van der Waals surface area (Å²) in [7, 11) is 1.64. The molecular weight excluding hydrogens is 408 g/mol. The Hall–Kier alpha value is -3.71. The van der Waals surface area contributed by atoms with Crippen molar-refractivity contribution >= 4 is 22.7 Å². The Morgan fingerprint density at radius 2 is 1.88 bits per heavy atom. The van der Waals surface area contributed by atoms with E-state index < -0.39 is 5.97 Å². The van der Waals surface area contributed by atoms with E-state index in [0.29, 0.717) is 46.6 Å². The lowest BCUT2D eigenvalue weighted by Crippen LogP contribution is -2.16. The number of aryl methyl sites for hydroxylation is 1. The first-order valence-electron chi connectivity index (χ1n) is 10.3. The third-order valence-corrected chi connectivity index (χ3v) is 5.44. The number of Topliss-reactive ketones (excluding diaryl/α,β-unsaturated/α-hetero) is 1. The average molecular weight is 432 g/mol. The van der Waals surface area contributed by atoms with Crippen molar-refractivity contribution < 1.29 is 23.5 Å². The highest BCUT2D eigenvalue weighted by Crippen LogP contribution is 2.26. The third-order valence-electron chi connectivity index (χ3n) is 5.44. The number of hydrogen-bond donors (Lipinski definition) is 0. The maximum absolute atomic E-state index is 13.0. The van der Waals surface area contributed by atoms with Crippen LogP contribution in [0.25, 0.3) is 22.4 Å². The molecule has 0 aliphatic carbocycles. The van der Waals surface area contributed by atoms with E-state index in [2.05, 4.69) is 4.98 Å². The van der Waals surface area contributed by atoms with Crippen molar-refractivity contribution in [1.29, 1.82) is 0 Å². The molecule has 3 heterocycles. The average Bonchev–Trinajstić information content (AvgIpc) is 3.44. The van der Waals surface area contributed by atoms with Gasteiger partial charge in [-0.15, -0.1) is 0 Å². The van der Waals surface area contributed by atoms with Crippen molar-refractivity contribution in [2.75, 3.05) is 20.3 Å². The molecule has 0 saturated heterocycles. The summed E-state index contributed by atoms with van der Waals surface area (Å²) in [5.74, 6) is -0.290. The summed E-state index contributed by atoms with van der Waals surface area (Å²) in [5.41, 5.74) is 3.82. The van der Waals surface area contributed by atoms with Crippen LogP contribution in [0.15, 0.2) is 59.2 Å². The zero-order valence-corrected chi connectivity index (χ0v) is 18.3. The quantitative estimate of drug-likeness (QED) is 0.299. The number of para-hydroxylation sites is 1. The molecule has 0 fully saturated rings. The summed E-state index contributed by atoms with van der Waals surface area (Å²) in [4.78, 5) is 30.3.